The van der Waals surface area contributed by atoms with Crippen molar-refractivity contribution >= 4 is 0 Å². The monoisotopic (exact) mass is 196 g/mol. The molecule has 0 aliphatic carbocycles. The maximum atomic E-state index is 9.54. The summed E-state index contributed by atoms with van der Waals surface area (Å²) in [5.41, 5.74) is 1.38. The smallest absolute Gasteiger partial charge is 0.0577 e. The molecule has 0 aliphatic heterocycles. The summed E-state index contributed by atoms with van der Waals surface area (Å²) < 4.78 is 0. The van der Waals surface area contributed by atoms with E-state index in [4.69, 9.17) is 0 Å². The lowest BCUT2D eigenvalue weighted by molar-refractivity contribution is 0.146. The first kappa shape index (κ1) is 13.4. The highest BCUT2D eigenvalue weighted by atomic mass is 16.3. The van der Waals surface area contributed by atoms with Crippen LogP contribution in [-0.4, -0.2) is 11.2 Å². The van der Waals surface area contributed by atoms with Crippen LogP contribution in [0.3, 0.4) is 0 Å². The van der Waals surface area contributed by atoms with Crippen LogP contribution in [0.25, 0.3) is 0 Å². The third kappa shape index (κ3) is 8.06. The number of hydrogen-bond acceptors (Lipinski definition) is 1. The van der Waals surface area contributed by atoms with Gasteiger partial charge in [0.25, 0.3) is 0 Å². The molecule has 0 saturated carbocycles. The minimum Gasteiger partial charge on any atom is -0.393 e. The zero-order valence-corrected chi connectivity index (χ0v) is 9.79. The maximum absolute atomic E-state index is 9.54. The average molecular weight is 196 g/mol. The highest BCUT2D eigenvalue weighted by molar-refractivity contribution is 4.92. The largest absolute Gasteiger partial charge is 0.393 e. The second kappa shape index (κ2) is 7.81. The summed E-state index contributed by atoms with van der Waals surface area (Å²) in [4.78, 5) is 0. The van der Waals surface area contributed by atoms with Crippen LogP contribution in [0.4, 0.5) is 0 Å². The molecule has 0 radical (unpaired) electrons. The van der Waals surface area contributed by atoms with Crippen LogP contribution in [0.1, 0.15) is 46.5 Å². The van der Waals surface area contributed by atoms with Crippen LogP contribution in [0, 0.1) is 5.92 Å². The zero-order valence-electron chi connectivity index (χ0n) is 9.79. The van der Waals surface area contributed by atoms with Crippen LogP contribution < -0.4 is 0 Å². The number of aliphatic hydroxyl groups is 1. The van der Waals surface area contributed by atoms with Crippen molar-refractivity contribution in [1.29, 1.82) is 0 Å². The first-order valence-corrected chi connectivity index (χ1v) is 5.48. The molecule has 2 unspecified atom stereocenters. The first-order chi connectivity index (χ1) is 6.56. The highest BCUT2D eigenvalue weighted by Gasteiger charge is 2.07. The molecule has 0 aromatic carbocycles. The Hall–Kier alpha value is -0.560. The molecule has 1 N–H and O–H groups in total. The van der Waals surface area contributed by atoms with E-state index in [1.54, 1.807) is 6.08 Å². The normalized spacial score (nSPS) is 14.6. The van der Waals surface area contributed by atoms with Crippen molar-refractivity contribution < 1.29 is 5.11 Å². The summed E-state index contributed by atoms with van der Waals surface area (Å²) in [5, 5.41) is 9.54. The van der Waals surface area contributed by atoms with Gasteiger partial charge in [0.1, 0.15) is 0 Å². The Morgan fingerprint density at radius 3 is 2.57 bits per heavy atom. The van der Waals surface area contributed by atoms with E-state index in [-0.39, 0.29) is 6.10 Å². The first-order valence-electron chi connectivity index (χ1n) is 5.48. The molecule has 0 bridgehead atoms. The molecule has 82 valence electrons. The van der Waals surface area contributed by atoms with Crippen molar-refractivity contribution in [3.63, 3.8) is 0 Å². The number of allylic oxidation sites excluding steroid dienone is 2. The Morgan fingerprint density at radius 1 is 1.43 bits per heavy atom. The maximum Gasteiger partial charge on any atom is 0.0577 e. The molecule has 0 saturated heterocycles. The molecule has 0 aromatic heterocycles. The van der Waals surface area contributed by atoms with E-state index in [0.717, 1.165) is 12.8 Å². The number of rotatable bonds is 7. The molecule has 0 spiro atoms. The molecule has 2 atom stereocenters. The van der Waals surface area contributed by atoms with Gasteiger partial charge in [0.15, 0.2) is 0 Å². The van der Waals surface area contributed by atoms with Crippen molar-refractivity contribution in [3.05, 3.63) is 24.3 Å². The van der Waals surface area contributed by atoms with E-state index < -0.39 is 0 Å². The molecule has 0 amide bonds. The van der Waals surface area contributed by atoms with Gasteiger partial charge in [0.2, 0.25) is 0 Å². The van der Waals surface area contributed by atoms with Crippen LogP contribution in [0.2, 0.25) is 0 Å². The fraction of sp³-hybridized carbons (Fsp3) is 0.692. The van der Waals surface area contributed by atoms with Crippen LogP contribution in [0.15, 0.2) is 24.3 Å². The summed E-state index contributed by atoms with van der Waals surface area (Å²) in [6.07, 6.45) is 7.75. The van der Waals surface area contributed by atoms with Crippen LogP contribution in [-0.2, 0) is 0 Å². The summed E-state index contributed by atoms with van der Waals surface area (Å²) in [6, 6.07) is 0. The predicted octanol–water partition coefficient (Wildman–Crippen LogP) is 3.70. The molecule has 1 heteroatoms. The van der Waals surface area contributed by atoms with Crippen molar-refractivity contribution in [2.75, 3.05) is 0 Å². The Morgan fingerprint density at radius 2 is 2.07 bits per heavy atom. The van der Waals surface area contributed by atoms with Crippen LogP contribution >= 0.6 is 0 Å². The van der Waals surface area contributed by atoms with Gasteiger partial charge in [-0.05, 0) is 45.4 Å². The second-order valence-electron chi connectivity index (χ2n) is 4.38. The fourth-order valence-electron chi connectivity index (χ4n) is 1.53. The van der Waals surface area contributed by atoms with Gasteiger partial charge in [-0.2, -0.15) is 0 Å². The minimum atomic E-state index is -0.200. The van der Waals surface area contributed by atoms with E-state index in [1.165, 1.54) is 12.0 Å². The van der Waals surface area contributed by atoms with Gasteiger partial charge in [-0.3, -0.25) is 0 Å². The molecular formula is C13H24O. The van der Waals surface area contributed by atoms with Gasteiger partial charge in [-0.1, -0.05) is 24.6 Å². The Bertz CT molecular complexity index is 178. The molecule has 0 heterocycles. The van der Waals surface area contributed by atoms with Gasteiger partial charge >= 0.3 is 0 Å². The standard InChI is InChI=1S/C13H24O/c1-5-7-13(14)10-12(4)9-6-8-11(2)3/h5,8,12-14H,1,6-7,9-10H2,2-4H3. The third-order valence-corrected chi connectivity index (χ3v) is 2.33. The summed E-state index contributed by atoms with van der Waals surface area (Å²) in [5.74, 6) is 0.598. The van der Waals surface area contributed by atoms with Gasteiger partial charge in [-0.15, -0.1) is 6.58 Å². The lowest BCUT2D eigenvalue weighted by Crippen LogP contribution is -2.10. The Labute approximate surface area is 88.5 Å². The molecule has 0 aliphatic rings. The quantitative estimate of drug-likeness (QED) is 0.616. The lowest BCUT2D eigenvalue weighted by Gasteiger charge is -2.14. The molecule has 0 fully saturated rings. The third-order valence-electron chi connectivity index (χ3n) is 2.33. The topological polar surface area (TPSA) is 20.2 Å². The van der Waals surface area contributed by atoms with Crippen molar-refractivity contribution in [3.8, 4) is 0 Å². The summed E-state index contributed by atoms with van der Waals surface area (Å²) in [7, 11) is 0. The SMILES string of the molecule is C=CCC(O)CC(C)CCC=C(C)C. The minimum absolute atomic E-state index is 0.200. The van der Waals surface area contributed by atoms with E-state index in [2.05, 4.69) is 33.4 Å². The second-order valence-corrected chi connectivity index (χ2v) is 4.38. The van der Waals surface area contributed by atoms with Crippen molar-refractivity contribution in [1.82, 2.24) is 0 Å². The average Bonchev–Trinajstić information content (AvgIpc) is 2.03. The lowest BCUT2D eigenvalue weighted by atomic mass is 9.96. The van der Waals surface area contributed by atoms with Gasteiger partial charge in [0.05, 0.1) is 6.10 Å². The zero-order chi connectivity index (χ0) is 11.0. The van der Waals surface area contributed by atoms with Gasteiger partial charge in [-0.25, -0.2) is 0 Å². The van der Waals surface area contributed by atoms with Gasteiger partial charge < -0.3 is 5.11 Å². The summed E-state index contributed by atoms with van der Waals surface area (Å²) in [6.45, 7) is 10.1. The summed E-state index contributed by atoms with van der Waals surface area (Å²) >= 11 is 0. The molecule has 0 aromatic rings. The van der Waals surface area contributed by atoms with E-state index >= 15 is 0 Å². The van der Waals surface area contributed by atoms with Crippen LogP contribution in [0.5, 0.6) is 0 Å². The Balaban J connectivity index is 3.59. The predicted molar refractivity (Wildman–Crippen MR) is 63.3 cm³/mol. The van der Waals surface area contributed by atoms with Gasteiger partial charge in [0, 0.05) is 0 Å². The molecule has 1 nitrogen and oxygen atoms in total. The van der Waals surface area contributed by atoms with E-state index in [1.807, 2.05) is 0 Å². The molecular weight excluding hydrogens is 172 g/mol. The van der Waals surface area contributed by atoms with E-state index in [0.29, 0.717) is 12.3 Å². The van der Waals surface area contributed by atoms with Crippen molar-refractivity contribution in [2.24, 2.45) is 5.92 Å². The number of hydrogen-bond donors (Lipinski definition) is 1. The van der Waals surface area contributed by atoms with Crippen molar-refractivity contribution in [2.45, 2.75) is 52.6 Å². The Kier molecular flexibility index (Phi) is 7.50. The highest BCUT2D eigenvalue weighted by Crippen LogP contribution is 2.15. The number of aliphatic hydroxyl groups excluding tert-OH is 1. The fourth-order valence-corrected chi connectivity index (χ4v) is 1.53. The molecule has 14 heavy (non-hydrogen) atoms. The molecule has 0 rings (SSSR count). The van der Waals surface area contributed by atoms with E-state index in [9.17, 15) is 5.11 Å².